The fraction of sp³-hybridized carbons (Fsp3) is 0.929. The molecular formula is C14H26O4. The highest BCUT2D eigenvalue weighted by Gasteiger charge is 2.33. The van der Waals surface area contributed by atoms with Crippen molar-refractivity contribution in [3.05, 3.63) is 0 Å². The van der Waals surface area contributed by atoms with Gasteiger partial charge in [-0.2, -0.15) is 0 Å². The molecule has 1 aliphatic carbocycles. The van der Waals surface area contributed by atoms with Crippen LogP contribution >= 0.6 is 0 Å². The Labute approximate surface area is 110 Å². The molecule has 0 aliphatic heterocycles. The van der Waals surface area contributed by atoms with Crippen molar-refractivity contribution in [2.45, 2.75) is 46.1 Å². The van der Waals surface area contributed by atoms with Crippen molar-refractivity contribution >= 4 is 5.97 Å². The van der Waals surface area contributed by atoms with Crippen molar-refractivity contribution in [1.29, 1.82) is 0 Å². The predicted octanol–water partition coefficient (Wildman–Crippen LogP) is 2.00. The van der Waals surface area contributed by atoms with Gasteiger partial charge in [-0.3, -0.25) is 0 Å². The molecule has 0 amide bonds. The predicted molar refractivity (Wildman–Crippen MR) is 69.1 cm³/mol. The Morgan fingerprint density at radius 1 is 1.39 bits per heavy atom. The molecule has 1 rings (SSSR count). The smallest absolute Gasteiger partial charge is 0.332 e. The molecule has 0 radical (unpaired) electrons. The second-order valence-electron chi connectivity index (χ2n) is 5.63. The Hall–Kier alpha value is -0.610. The minimum atomic E-state index is -0.312. The van der Waals surface area contributed by atoms with E-state index in [1.54, 1.807) is 0 Å². The van der Waals surface area contributed by atoms with Crippen LogP contribution in [0.25, 0.3) is 0 Å². The Kier molecular flexibility index (Phi) is 6.65. The van der Waals surface area contributed by atoms with Gasteiger partial charge < -0.3 is 14.6 Å². The molecule has 1 fully saturated rings. The standard InChI is InChI=1S/C14H26O4/c1-10(2)12-5-4-11(3)8-13(12)18-14(16)9-17-7-6-15/h10-13,15H,4-9H2,1-3H3. The van der Waals surface area contributed by atoms with Crippen LogP contribution in [-0.4, -0.2) is 37.0 Å². The molecule has 3 atom stereocenters. The number of ether oxygens (including phenoxy) is 2. The maximum absolute atomic E-state index is 11.6. The Balaban J connectivity index is 2.42. The summed E-state index contributed by atoms with van der Waals surface area (Å²) < 4.78 is 10.5. The molecule has 3 unspecified atom stereocenters. The minimum absolute atomic E-state index is 0.0268. The second kappa shape index (κ2) is 7.74. The summed E-state index contributed by atoms with van der Waals surface area (Å²) in [5.41, 5.74) is 0. The number of aliphatic hydroxyl groups is 1. The van der Waals surface area contributed by atoms with E-state index in [9.17, 15) is 4.79 Å². The SMILES string of the molecule is CC1CCC(C(C)C)C(OC(=O)COCCO)C1. The fourth-order valence-corrected chi connectivity index (χ4v) is 2.67. The molecule has 1 saturated carbocycles. The van der Waals surface area contributed by atoms with Gasteiger partial charge in [-0.05, 0) is 30.6 Å². The molecule has 0 aromatic heterocycles. The largest absolute Gasteiger partial charge is 0.460 e. The Bertz CT molecular complexity index is 252. The normalized spacial score (nSPS) is 28.4. The summed E-state index contributed by atoms with van der Waals surface area (Å²) in [6.07, 6.45) is 3.33. The third-order valence-electron chi connectivity index (χ3n) is 3.70. The van der Waals surface area contributed by atoms with Crippen molar-refractivity contribution in [3.63, 3.8) is 0 Å². The van der Waals surface area contributed by atoms with Gasteiger partial charge in [0.25, 0.3) is 0 Å². The highest BCUT2D eigenvalue weighted by Crippen LogP contribution is 2.35. The van der Waals surface area contributed by atoms with Gasteiger partial charge in [0.15, 0.2) is 0 Å². The average Bonchev–Trinajstić information content (AvgIpc) is 2.29. The van der Waals surface area contributed by atoms with E-state index in [4.69, 9.17) is 14.6 Å². The van der Waals surface area contributed by atoms with Crippen LogP contribution in [0, 0.1) is 17.8 Å². The first kappa shape index (κ1) is 15.4. The first-order valence-electron chi connectivity index (χ1n) is 6.92. The average molecular weight is 258 g/mol. The van der Waals surface area contributed by atoms with Crippen LogP contribution < -0.4 is 0 Å². The molecule has 106 valence electrons. The molecule has 4 nitrogen and oxygen atoms in total. The number of hydrogen-bond donors (Lipinski definition) is 1. The zero-order valence-electron chi connectivity index (χ0n) is 11.7. The summed E-state index contributed by atoms with van der Waals surface area (Å²) in [5, 5.41) is 8.57. The van der Waals surface area contributed by atoms with Gasteiger partial charge in [0, 0.05) is 0 Å². The zero-order valence-corrected chi connectivity index (χ0v) is 11.7. The van der Waals surface area contributed by atoms with E-state index in [2.05, 4.69) is 20.8 Å². The van der Waals surface area contributed by atoms with E-state index in [-0.39, 0.29) is 31.9 Å². The minimum Gasteiger partial charge on any atom is -0.460 e. The van der Waals surface area contributed by atoms with Gasteiger partial charge in [0.05, 0.1) is 13.2 Å². The molecule has 0 saturated heterocycles. The van der Waals surface area contributed by atoms with Crippen molar-refractivity contribution in [1.82, 2.24) is 0 Å². The maximum atomic E-state index is 11.6. The lowest BCUT2D eigenvalue weighted by atomic mass is 9.75. The van der Waals surface area contributed by atoms with Gasteiger partial charge in [0.1, 0.15) is 12.7 Å². The van der Waals surface area contributed by atoms with Crippen LogP contribution in [0.3, 0.4) is 0 Å². The second-order valence-corrected chi connectivity index (χ2v) is 5.63. The highest BCUT2D eigenvalue weighted by atomic mass is 16.6. The van der Waals surface area contributed by atoms with Crippen LogP contribution in [0.15, 0.2) is 0 Å². The quantitative estimate of drug-likeness (QED) is 0.585. The first-order valence-corrected chi connectivity index (χ1v) is 6.92. The Morgan fingerprint density at radius 3 is 2.72 bits per heavy atom. The number of esters is 1. The maximum Gasteiger partial charge on any atom is 0.332 e. The molecule has 0 heterocycles. The molecule has 4 heteroatoms. The molecular weight excluding hydrogens is 232 g/mol. The fourth-order valence-electron chi connectivity index (χ4n) is 2.67. The van der Waals surface area contributed by atoms with E-state index >= 15 is 0 Å². The lowest BCUT2D eigenvalue weighted by Crippen LogP contribution is -2.36. The topological polar surface area (TPSA) is 55.8 Å². The zero-order chi connectivity index (χ0) is 13.5. The number of aliphatic hydroxyl groups excluding tert-OH is 1. The Morgan fingerprint density at radius 2 is 2.11 bits per heavy atom. The summed E-state index contributed by atoms with van der Waals surface area (Å²) in [6, 6.07) is 0. The van der Waals surface area contributed by atoms with Crippen molar-refractivity contribution in [3.8, 4) is 0 Å². The third-order valence-corrected chi connectivity index (χ3v) is 3.70. The van der Waals surface area contributed by atoms with Crippen LogP contribution in [0.4, 0.5) is 0 Å². The van der Waals surface area contributed by atoms with E-state index in [0.29, 0.717) is 17.8 Å². The number of rotatable bonds is 6. The summed E-state index contributed by atoms with van der Waals surface area (Å²) in [5.74, 6) is 1.31. The first-order chi connectivity index (χ1) is 8.54. The van der Waals surface area contributed by atoms with Crippen LogP contribution in [0.5, 0.6) is 0 Å². The highest BCUT2D eigenvalue weighted by molar-refractivity contribution is 5.70. The van der Waals surface area contributed by atoms with Crippen LogP contribution in [-0.2, 0) is 14.3 Å². The molecule has 0 bridgehead atoms. The number of hydrogen-bond acceptors (Lipinski definition) is 4. The summed E-state index contributed by atoms with van der Waals surface area (Å²) in [7, 11) is 0. The molecule has 0 aromatic carbocycles. The van der Waals surface area contributed by atoms with E-state index in [0.717, 1.165) is 12.8 Å². The summed E-state index contributed by atoms with van der Waals surface area (Å²) in [4.78, 5) is 11.6. The molecule has 1 aliphatic rings. The summed E-state index contributed by atoms with van der Waals surface area (Å²) >= 11 is 0. The van der Waals surface area contributed by atoms with Gasteiger partial charge in [-0.25, -0.2) is 4.79 Å². The van der Waals surface area contributed by atoms with Crippen molar-refractivity contribution in [2.24, 2.45) is 17.8 Å². The van der Waals surface area contributed by atoms with E-state index < -0.39 is 0 Å². The van der Waals surface area contributed by atoms with Gasteiger partial charge in [-0.1, -0.05) is 27.2 Å². The number of carbonyl (C=O) groups excluding carboxylic acids is 1. The molecule has 0 aromatic rings. The third kappa shape index (κ3) is 4.94. The van der Waals surface area contributed by atoms with Crippen molar-refractivity contribution in [2.75, 3.05) is 19.8 Å². The van der Waals surface area contributed by atoms with Gasteiger partial charge in [-0.15, -0.1) is 0 Å². The lowest BCUT2D eigenvalue weighted by Gasteiger charge is -2.36. The van der Waals surface area contributed by atoms with Gasteiger partial charge >= 0.3 is 5.97 Å². The number of carbonyl (C=O) groups is 1. The molecule has 1 N–H and O–H groups in total. The molecule has 0 spiro atoms. The van der Waals surface area contributed by atoms with Gasteiger partial charge in [0.2, 0.25) is 0 Å². The monoisotopic (exact) mass is 258 g/mol. The van der Waals surface area contributed by atoms with Crippen LogP contribution in [0.2, 0.25) is 0 Å². The van der Waals surface area contributed by atoms with Crippen molar-refractivity contribution < 1.29 is 19.4 Å². The van der Waals surface area contributed by atoms with E-state index in [1.807, 2.05) is 0 Å². The summed E-state index contributed by atoms with van der Waals surface area (Å²) in [6.45, 7) is 6.63. The molecule has 18 heavy (non-hydrogen) atoms. The van der Waals surface area contributed by atoms with Crippen LogP contribution in [0.1, 0.15) is 40.0 Å². The van der Waals surface area contributed by atoms with E-state index in [1.165, 1.54) is 6.42 Å². The lowest BCUT2D eigenvalue weighted by molar-refractivity contribution is -0.161.